The van der Waals surface area contributed by atoms with E-state index in [-0.39, 0.29) is 0 Å². The minimum absolute atomic E-state index is 1.13. The summed E-state index contributed by atoms with van der Waals surface area (Å²) in [5.41, 5.74) is 5.96. The van der Waals surface area contributed by atoms with E-state index < -0.39 is 0 Å². The summed E-state index contributed by atoms with van der Waals surface area (Å²) in [6.45, 7) is 0. The zero-order valence-corrected chi connectivity index (χ0v) is 26.9. The molecule has 10 rings (SSSR count). The molecule has 0 atom stereocenters. The predicted molar refractivity (Wildman–Crippen MR) is 209 cm³/mol. The highest BCUT2D eigenvalue weighted by Gasteiger charge is 2.21. The molecule has 2 heteroatoms. The molecule has 1 nitrogen and oxygen atoms in total. The predicted octanol–water partition coefficient (Wildman–Crippen LogP) is 13.8. The maximum atomic E-state index is 2.48. The fourth-order valence-electron chi connectivity index (χ4n) is 7.63. The van der Waals surface area contributed by atoms with Crippen molar-refractivity contribution in [1.29, 1.82) is 0 Å². The Labute approximate surface area is 282 Å². The standard InChI is InChI=1S/C46H29NS/c1-3-13-35-30(10-1)12-7-16-36(35)32-24-27-34(28-25-32)47(43-20-9-18-41-39-15-5-6-21-44(39)48-46(41)43)42-19-8-17-40-38(42)29-26-33-23-22-31-11-2-4-14-37(31)45(33)40/h1-29H. The van der Waals surface area contributed by atoms with Gasteiger partial charge in [-0.2, -0.15) is 0 Å². The van der Waals surface area contributed by atoms with Crippen molar-refractivity contribution in [3.8, 4) is 11.1 Å². The number of rotatable bonds is 4. The van der Waals surface area contributed by atoms with Crippen LogP contribution in [0.4, 0.5) is 17.1 Å². The molecule has 0 aliphatic carbocycles. The van der Waals surface area contributed by atoms with Gasteiger partial charge < -0.3 is 4.90 Å². The van der Waals surface area contributed by atoms with Crippen molar-refractivity contribution in [1.82, 2.24) is 0 Å². The first-order valence-corrected chi connectivity index (χ1v) is 17.3. The first-order chi connectivity index (χ1) is 23.8. The largest absolute Gasteiger partial charge is 0.308 e. The third kappa shape index (κ3) is 4.17. The molecule has 0 saturated carbocycles. The molecule has 0 radical (unpaired) electrons. The van der Waals surface area contributed by atoms with E-state index in [9.17, 15) is 0 Å². The van der Waals surface area contributed by atoms with Crippen molar-refractivity contribution in [2.45, 2.75) is 0 Å². The fraction of sp³-hybridized carbons (Fsp3) is 0. The van der Waals surface area contributed by atoms with Crippen LogP contribution in [0, 0.1) is 0 Å². The van der Waals surface area contributed by atoms with Crippen LogP contribution in [0.2, 0.25) is 0 Å². The van der Waals surface area contributed by atoms with Gasteiger partial charge in [-0.05, 0) is 79.2 Å². The van der Waals surface area contributed by atoms with Crippen molar-refractivity contribution < 1.29 is 0 Å². The number of hydrogen-bond donors (Lipinski definition) is 0. The van der Waals surface area contributed by atoms with Crippen molar-refractivity contribution in [3.05, 3.63) is 176 Å². The maximum absolute atomic E-state index is 2.48. The maximum Gasteiger partial charge on any atom is 0.0640 e. The molecule has 0 aliphatic heterocycles. The summed E-state index contributed by atoms with van der Waals surface area (Å²) < 4.78 is 2.60. The summed E-state index contributed by atoms with van der Waals surface area (Å²) in [6.07, 6.45) is 0. The van der Waals surface area contributed by atoms with Gasteiger partial charge in [0, 0.05) is 26.5 Å². The van der Waals surface area contributed by atoms with E-state index in [1.807, 2.05) is 11.3 Å². The van der Waals surface area contributed by atoms with Crippen molar-refractivity contribution in [2.24, 2.45) is 0 Å². The highest BCUT2D eigenvalue weighted by atomic mass is 32.1. The molecule has 10 aromatic rings. The van der Waals surface area contributed by atoms with Gasteiger partial charge >= 0.3 is 0 Å². The lowest BCUT2D eigenvalue weighted by Gasteiger charge is -2.28. The number of hydrogen-bond acceptors (Lipinski definition) is 2. The van der Waals surface area contributed by atoms with Gasteiger partial charge in [0.15, 0.2) is 0 Å². The van der Waals surface area contributed by atoms with Crippen molar-refractivity contribution in [3.63, 3.8) is 0 Å². The third-order valence-electron chi connectivity index (χ3n) is 9.83. The Kier molecular flexibility index (Phi) is 6.12. The van der Waals surface area contributed by atoms with Gasteiger partial charge in [0.2, 0.25) is 0 Å². The van der Waals surface area contributed by atoms with Crippen LogP contribution >= 0.6 is 11.3 Å². The highest BCUT2D eigenvalue weighted by molar-refractivity contribution is 7.26. The first kappa shape index (κ1) is 27.2. The minimum atomic E-state index is 1.13. The molecule has 9 aromatic carbocycles. The summed E-state index contributed by atoms with van der Waals surface area (Å²) in [5.74, 6) is 0. The number of anilines is 3. The second-order valence-corrected chi connectivity index (χ2v) is 13.5. The average Bonchev–Trinajstić information content (AvgIpc) is 3.54. The van der Waals surface area contributed by atoms with E-state index >= 15 is 0 Å². The summed E-state index contributed by atoms with van der Waals surface area (Å²) in [4.78, 5) is 2.48. The molecule has 0 amide bonds. The van der Waals surface area contributed by atoms with E-state index in [1.165, 1.54) is 85.8 Å². The molecule has 0 spiro atoms. The summed E-state index contributed by atoms with van der Waals surface area (Å²) >= 11 is 1.88. The van der Waals surface area contributed by atoms with E-state index in [0.717, 1.165) is 5.69 Å². The zero-order chi connectivity index (χ0) is 31.6. The zero-order valence-electron chi connectivity index (χ0n) is 26.1. The van der Waals surface area contributed by atoms with Crippen LogP contribution in [0.1, 0.15) is 0 Å². The SMILES string of the molecule is c1ccc2c(-c3ccc(N(c4cccc5c4ccc4ccc6ccccc6c45)c4cccc5c4sc4ccccc45)cc3)cccc2c1. The Morgan fingerprint density at radius 2 is 0.958 bits per heavy atom. The molecule has 0 saturated heterocycles. The topological polar surface area (TPSA) is 3.24 Å². The summed E-state index contributed by atoms with van der Waals surface area (Å²) in [6, 6.07) is 64.5. The number of fused-ring (bicyclic) bond motifs is 9. The highest BCUT2D eigenvalue weighted by Crippen LogP contribution is 2.47. The van der Waals surface area contributed by atoms with Crippen molar-refractivity contribution in [2.75, 3.05) is 4.90 Å². The van der Waals surface area contributed by atoms with Crippen LogP contribution < -0.4 is 4.90 Å². The van der Waals surface area contributed by atoms with E-state index in [1.54, 1.807) is 0 Å². The average molecular weight is 628 g/mol. The second-order valence-electron chi connectivity index (χ2n) is 12.5. The van der Waals surface area contributed by atoms with Crippen LogP contribution in [-0.2, 0) is 0 Å². The van der Waals surface area contributed by atoms with Gasteiger partial charge in [0.25, 0.3) is 0 Å². The van der Waals surface area contributed by atoms with Crippen LogP contribution in [0.3, 0.4) is 0 Å². The van der Waals surface area contributed by atoms with E-state index in [2.05, 4.69) is 181 Å². The van der Waals surface area contributed by atoms with Crippen LogP contribution in [0.25, 0.3) is 74.4 Å². The smallest absolute Gasteiger partial charge is 0.0640 e. The summed E-state index contributed by atoms with van der Waals surface area (Å²) in [7, 11) is 0. The van der Waals surface area contributed by atoms with Gasteiger partial charge in [-0.3, -0.25) is 0 Å². The number of benzene rings is 9. The number of nitrogens with zero attached hydrogens (tertiary/aromatic N) is 1. The molecule has 1 aromatic heterocycles. The van der Waals surface area contributed by atoms with Gasteiger partial charge in [0.05, 0.1) is 16.1 Å². The normalized spacial score (nSPS) is 11.8. The van der Waals surface area contributed by atoms with E-state index in [4.69, 9.17) is 0 Å². The monoisotopic (exact) mass is 627 g/mol. The van der Waals surface area contributed by atoms with Gasteiger partial charge in [-0.25, -0.2) is 0 Å². The fourth-order valence-corrected chi connectivity index (χ4v) is 8.83. The molecular formula is C46H29NS. The number of thiophene rings is 1. The van der Waals surface area contributed by atoms with Gasteiger partial charge in [-0.1, -0.05) is 146 Å². The van der Waals surface area contributed by atoms with E-state index in [0.29, 0.717) is 0 Å². The minimum Gasteiger partial charge on any atom is -0.308 e. The van der Waals surface area contributed by atoms with Crippen LogP contribution in [0.5, 0.6) is 0 Å². The van der Waals surface area contributed by atoms with Crippen LogP contribution in [-0.4, -0.2) is 0 Å². The molecule has 48 heavy (non-hydrogen) atoms. The molecule has 1 heterocycles. The van der Waals surface area contributed by atoms with Gasteiger partial charge in [0.1, 0.15) is 0 Å². The molecule has 0 bridgehead atoms. The van der Waals surface area contributed by atoms with Gasteiger partial charge in [-0.15, -0.1) is 11.3 Å². The first-order valence-electron chi connectivity index (χ1n) is 16.4. The second kappa shape index (κ2) is 10.8. The van der Waals surface area contributed by atoms with Crippen LogP contribution in [0.15, 0.2) is 176 Å². The summed E-state index contributed by atoms with van der Waals surface area (Å²) in [5, 5.41) is 12.7. The lowest BCUT2D eigenvalue weighted by Crippen LogP contribution is -2.10. The molecule has 0 N–H and O–H groups in total. The van der Waals surface area contributed by atoms with Crippen molar-refractivity contribution >= 4 is 91.7 Å². The molecule has 224 valence electrons. The molecule has 0 aliphatic rings. The Bertz CT molecular complexity index is 2840. The Morgan fingerprint density at radius 1 is 0.354 bits per heavy atom. The lowest BCUT2D eigenvalue weighted by atomic mass is 9.95. The molecule has 0 fully saturated rings. The third-order valence-corrected chi connectivity index (χ3v) is 11.0. The quantitative estimate of drug-likeness (QED) is 0.176. The molecular weight excluding hydrogens is 599 g/mol. The Morgan fingerprint density at radius 3 is 1.81 bits per heavy atom. The molecule has 0 unspecified atom stereocenters. The Hall–Kier alpha value is -5.96. The Balaban J connectivity index is 1.24. The lowest BCUT2D eigenvalue weighted by molar-refractivity contribution is 1.32.